The molecule has 0 saturated carbocycles. The van der Waals surface area contributed by atoms with Crippen LogP contribution in [0.15, 0.2) is 0 Å². The summed E-state index contributed by atoms with van der Waals surface area (Å²) in [5, 5.41) is 0. The molecule has 0 heterocycles. The van der Waals surface area contributed by atoms with Gasteiger partial charge in [0.05, 0.1) is 26.4 Å². The van der Waals surface area contributed by atoms with Crippen LogP contribution in [-0.4, -0.2) is 53.7 Å². The van der Waals surface area contributed by atoms with Gasteiger partial charge in [-0.05, 0) is 49.4 Å². The van der Waals surface area contributed by atoms with Crippen LogP contribution >= 0.6 is 15.6 Å². The fourth-order valence-electron chi connectivity index (χ4n) is 4.45. The van der Waals surface area contributed by atoms with E-state index in [1.165, 1.54) is 0 Å². The van der Waals surface area contributed by atoms with Crippen LogP contribution < -0.4 is 9.79 Å². The molecule has 2 radical (unpaired) electrons. The van der Waals surface area contributed by atoms with Crippen molar-refractivity contribution in [2.75, 3.05) is 26.4 Å². The first-order chi connectivity index (χ1) is 20.0. The number of rotatable bonds is 28. The van der Waals surface area contributed by atoms with E-state index >= 15 is 0 Å². The molecule has 4 atom stereocenters. The van der Waals surface area contributed by atoms with E-state index in [-0.39, 0.29) is 53.7 Å². The van der Waals surface area contributed by atoms with Gasteiger partial charge in [-0.2, -0.15) is 0 Å². The zero-order valence-electron chi connectivity index (χ0n) is 29.1. The van der Waals surface area contributed by atoms with Crippen molar-refractivity contribution in [1.29, 1.82) is 0 Å². The van der Waals surface area contributed by atoms with Crippen molar-refractivity contribution in [3.05, 3.63) is 0 Å². The Hall–Kier alpha value is 1.14. The Morgan fingerprint density at radius 3 is 0.767 bits per heavy atom. The number of phosphoric ester groups is 2. The van der Waals surface area contributed by atoms with E-state index in [9.17, 15) is 18.9 Å². The van der Waals surface area contributed by atoms with E-state index in [1.54, 1.807) is 0 Å². The van der Waals surface area contributed by atoms with Gasteiger partial charge < -0.3 is 27.9 Å². The first kappa shape index (κ1) is 48.5. The Balaban J connectivity index is -0.000000727. The van der Waals surface area contributed by atoms with E-state index in [1.807, 2.05) is 0 Å². The zero-order chi connectivity index (χ0) is 32.3. The molecule has 0 aliphatic heterocycles. The molecule has 0 fully saturated rings. The average molecular weight is 850 g/mol. The van der Waals surface area contributed by atoms with Crippen LogP contribution in [0.4, 0.5) is 0 Å². The van der Waals surface area contributed by atoms with Gasteiger partial charge in [-0.15, -0.1) is 0 Å². The van der Waals surface area contributed by atoms with Gasteiger partial charge in [0, 0.05) is 0 Å². The molecule has 4 unspecified atom stereocenters. The maximum Gasteiger partial charge on any atom is 2.00 e. The summed E-state index contributed by atoms with van der Waals surface area (Å²) in [6.45, 7) is 17.8. The molecule has 43 heavy (non-hydrogen) atoms. The Labute approximate surface area is 286 Å². The minimum atomic E-state index is -4.14. The van der Waals surface area contributed by atoms with Gasteiger partial charge >= 0.3 is 27.3 Å². The zero-order valence-corrected chi connectivity index (χ0v) is 34.8. The third kappa shape index (κ3) is 30.2. The van der Waals surface area contributed by atoms with Crippen molar-refractivity contribution in [3.8, 4) is 0 Å². The maximum absolute atomic E-state index is 11.8. The summed E-state index contributed by atoms with van der Waals surface area (Å²) < 4.78 is 43.8. The van der Waals surface area contributed by atoms with Gasteiger partial charge in [-0.1, -0.05) is 132 Å². The normalized spacial score (nSPS) is 17.0. The predicted molar refractivity (Wildman–Crippen MR) is 178 cm³/mol. The molecular formula is C32H68O8P2Pb. The smallest absolute Gasteiger partial charge is 0.756 e. The molecule has 0 aromatic heterocycles. The standard InChI is InChI=1S/2C16H35O4P.Pb/c2*1-5-9-11-15(7-3)13-19-21(17,18)20-14-16(8-4)12-10-6-2;/h2*15-16H,5-14H2,1-4H3,(H,17,18);/q;;+2/p-2. The molecule has 0 saturated heterocycles. The molecule has 11 heteroatoms. The fraction of sp³-hybridized carbons (Fsp3) is 1.00. The van der Waals surface area contributed by atoms with Crippen molar-refractivity contribution in [2.24, 2.45) is 23.7 Å². The molecule has 258 valence electrons. The minimum Gasteiger partial charge on any atom is -0.756 e. The van der Waals surface area contributed by atoms with Crippen LogP contribution in [0, 0.1) is 23.7 Å². The molecule has 0 aromatic carbocycles. The first-order valence-corrected chi connectivity index (χ1v) is 20.1. The predicted octanol–water partition coefficient (Wildman–Crippen LogP) is 9.46. The average Bonchev–Trinajstić information content (AvgIpc) is 2.98. The Kier molecular flexibility index (Phi) is 35.8. The molecule has 0 aromatic rings. The summed E-state index contributed by atoms with van der Waals surface area (Å²) in [4.78, 5) is 23.6. The van der Waals surface area contributed by atoms with Gasteiger partial charge in [-0.25, -0.2) is 0 Å². The van der Waals surface area contributed by atoms with Crippen LogP contribution in [0.1, 0.15) is 158 Å². The molecule has 0 N–H and O–H groups in total. The van der Waals surface area contributed by atoms with Gasteiger partial charge in [-0.3, -0.25) is 9.13 Å². The quantitative estimate of drug-likeness (QED) is 0.0565. The van der Waals surface area contributed by atoms with Crippen LogP contribution in [0.2, 0.25) is 0 Å². The van der Waals surface area contributed by atoms with Crippen LogP contribution in [0.25, 0.3) is 0 Å². The third-order valence-electron chi connectivity index (χ3n) is 8.05. The van der Waals surface area contributed by atoms with Crippen molar-refractivity contribution in [1.82, 2.24) is 0 Å². The third-order valence-corrected chi connectivity index (χ3v) is 9.91. The molecule has 8 nitrogen and oxygen atoms in total. The summed E-state index contributed by atoms with van der Waals surface area (Å²) >= 11 is 0. The number of phosphoric acid groups is 2. The van der Waals surface area contributed by atoms with Gasteiger partial charge in [0.1, 0.15) is 0 Å². The molecule has 0 rings (SSSR count). The van der Waals surface area contributed by atoms with E-state index in [4.69, 9.17) is 18.1 Å². The van der Waals surface area contributed by atoms with Crippen molar-refractivity contribution in [2.45, 2.75) is 158 Å². The SMILES string of the molecule is CCCCC(CC)COP(=O)([O-])OCC(CC)CCCC.CCCCC(CC)COP(=O)([O-])OCC(CC)CCCC.[Pb+2]. The minimum absolute atomic E-state index is 0. The molecule has 0 bridgehead atoms. The Bertz CT molecular complexity index is 582. The van der Waals surface area contributed by atoms with E-state index in [0.29, 0.717) is 23.7 Å². The Morgan fingerprint density at radius 2 is 0.628 bits per heavy atom. The van der Waals surface area contributed by atoms with Crippen molar-refractivity contribution >= 4 is 42.9 Å². The van der Waals surface area contributed by atoms with Crippen LogP contribution in [0.3, 0.4) is 0 Å². The van der Waals surface area contributed by atoms with Gasteiger partial charge in [0.25, 0.3) is 15.6 Å². The summed E-state index contributed by atoms with van der Waals surface area (Å²) in [5.41, 5.74) is 0. The maximum atomic E-state index is 11.8. The topological polar surface area (TPSA) is 117 Å². The number of hydrogen-bond acceptors (Lipinski definition) is 8. The Morgan fingerprint density at radius 1 is 0.442 bits per heavy atom. The molecule has 0 spiro atoms. The van der Waals surface area contributed by atoms with E-state index < -0.39 is 15.6 Å². The van der Waals surface area contributed by atoms with E-state index in [2.05, 4.69) is 55.4 Å². The molecule has 0 aliphatic carbocycles. The van der Waals surface area contributed by atoms with Gasteiger partial charge in [0.15, 0.2) is 0 Å². The summed E-state index contributed by atoms with van der Waals surface area (Å²) in [6.07, 6.45) is 16.8. The summed E-state index contributed by atoms with van der Waals surface area (Å²) in [6, 6.07) is 0. The van der Waals surface area contributed by atoms with Gasteiger partial charge in [0.2, 0.25) is 0 Å². The van der Waals surface area contributed by atoms with Crippen LogP contribution in [-0.2, 0) is 27.2 Å². The molecular weight excluding hydrogens is 781 g/mol. The molecule has 0 aliphatic rings. The first-order valence-electron chi connectivity index (χ1n) is 17.2. The van der Waals surface area contributed by atoms with E-state index in [0.717, 1.165) is 103 Å². The second-order valence-corrected chi connectivity index (χ2v) is 14.6. The second-order valence-electron chi connectivity index (χ2n) is 11.7. The number of unbranched alkanes of at least 4 members (excludes halogenated alkanes) is 4. The summed E-state index contributed by atoms with van der Waals surface area (Å²) in [5.74, 6) is 1.21. The van der Waals surface area contributed by atoms with Crippen molar-refractivity contribution < 1.29 is 37.0 Å². The van der Waals surface area contributed by atoms with Crippen molar-refractivity contribution in [3.63, 3.8) is 0 Å². The molecule has 0 amide bonds. The van der Waals surface area contributed by atoms with Crippen LogP contribution in [0.5, 0.6) is 0 Å². The fourth-order valence-corrected chi connectivity index (χ4v) is 6.18. The largest absolute Gasteiger partial charge is 2.00 e. The number of hydrogen-bond donors (Lipinski definition) is 0. The monoisotopic (exact) mass is 850 g/mol. The second kappa shape index (κ2) is 31.7. The summed E-state index contributed by atoms with van der Waals surface area (Å²) in [7, 11) is -8.28.